The maximum Gasteiger partial charge on any atom is 0.407 e. The van der Waals surface area contributed by atoms with E-state index in [-0.39, 0.29) is 31.3 Å². The van der Waals surface area contributed by atoms with Crippen LogP contribution in [0.3, 0.4) is 0 Å². The van der Waals surface area contributed by atoms with Crippen LogP contribution < -0.4 is 15.5 Å². The van der Waals surface area contributed by atoms with Crippen molar-refractivity contribution in [2.24, 2.45) is 0 Å². The van der Waals surface area contributed by atoms with Crippen LogP contribution in [0.1, 0.15) is 53.9 Å². The zero-order chi connectivity index (χ0) is 35.9. The summed E-state index contributed by atoms with van der Waals surface area (Å²) in [5.74, 6) is 0.109. The highest BCUT2D eigenvalue weighted by Crippen LogP contribution is 2.40. The van der Waals surface area contributed by atoms with Gasteiger partial charge in [0.05, 0.1) is 25.5 Å². The van der Waals surface area contributed by atoms with Crippen LogP contribution in [0, 0.1) is 0 Å². The number of nitrogens with one attached hydrogen (secondary N) is 2. The Morgan fingerprint density at radius 2 is 1.65 bits per heavy atom. The van der Waals surface area contributed by atoms with Gasteiger partial charge < -0.3 is 39.8 Å². The number of carbonyl (C=O) groups excluding carboxylic acids is 2. The van der Waals surface area contributed by atoms with Crippen molar-refractivity contribution in [2.45, 2.75) is 56.5 Å². The number of amides is 2. The largest absolute Gasteiger partial charge is 0.445 e. The molecule has 3 aliphatic rings. The lowest BCUT2D eigenvalue weighted by atomic mass is 9.85. The lowest BCUT2D eigenvalue weighted by Crippen LogP contribution is -2.57. The molecular formula is C42H46N4O6. The maximum atomic E-state index is 13.3. The molecule has 1 spiro atoms. The summed E-state index contributed by atoms with van der Waals surface area (Å²) in [4.78, 5) is 30.0. The van der Waals surface area contributed by atoms with E-state index in [4.69, 9.17) is 14.2 Å². The Labute approximate surface area is 305 Å². The number of ether oxygens (including phenoxy) is 3. The molecule has 3 N–H and O–H groups in total. The molecule has 0 aliphatic carbocycles. The number of aliphatic hydroxyl groups is 1. The summed E-state index contributed by atoms with van der Waals surface area (Å²) in [7, 11) is 0. The molecule has 270 valence electrons. The molecule has 2 amide bonds. The molecule has 0 saturated carbocycles. The number of alkyl carbamates (subject to hydrolysis) is 1. The molecule has 0 aromatic heterocycles. The van der Waals surface area contributed by atoms with E-state index in [9.17, 15) is 14.7 Å². The number of carbonyl (C=O) groups is 2. The highest BCUT2D eigenvalue weighted by atomic mass is 16.7. The van der Waals surface area contributed by atoms with Crippen LogP contribution in [0.15, 0.2) is 116 Å². The van der Waals surface area contributed by atoms with Gasteiger partial charge in [0.1, 0.15) is 12.1 Å². The van der Waals surface area contributed by atoms with E-state index in [0.717, 1.165) is 71.5 Å². The van der Waals surface area contributed by atoms with E-state index in [1.807, 2.05) is 78.9 Å². The fraction of sp³-hybridized carbons (Fsp3) is 0.333. The van der Waals surface area contributed by atoms with E-state index >= 15 is 0 Å². The van der Waals surface area contributed by atoms with E-state index in [1.54, 1.807) is 0 Å². The number of piperidine rings is 1. The van der Waals surface area contributed by atoms with Gasteiger partial charge in [-0.15, -0.1) is 0 Å². The number of hydrogen-bond donors (Lipinski definition) is 3. The first-order valence-electron chi connectivity index (χ1n) is 18.0. The van der Waals surface area contributed by atoms with Gasteiger partial charge in [-0.3, -0.25) is 4.79 Å². The van der Waals surface area contributed by atoms with Crippen LogP contribution in [-0.2, 0) is 32.2 Å². The number of nitrogens with zero attached hydrogens (tertiary/aromatic N) is 2. The molecule has 52 heavy (non-hydrogen) atoms. The summed E-state index contributed by atoms with van der Waals surface area (Å²) in [5, 5.41) is 15.5. The van der Waals surface area contributed by atoms with E-state index in [2.05, 4.69) is 51.3 Å². The number of para-hydroxylation sites is 1. The third kappa shape index (κ3) is 7.75. The first-order chi connectivity index (χ1) is 25.5. The monoisotopic (exact) mass is 702 g/mol. The van der Waals surface area contributed by atoms with Gasteiger partial charge in [-0.05, 0) is 52.8 Å². The first kappa shape index (κ1) is 35.4. The average Bonchev–Trinajstić information content (AvgIpc) is 3.51. The summed E-state index contributed by atoms with van der Waals surface area (Å²) in [6.07, 6.45) is 2.30. The van der Waals surface area contributed by atoms with Gasteiger partial charge in [-0.25, -0.2) is 4.79 Å². The number of hydrogen-bond acceptors (Lipinski definition) is 8. The molecule has 3 atom stereocenters. The molecule has 0 unspecified atom stereocenters. The van der Waals surface area contributed by atoms with Crippen molar-refractivity contribution in [1.82, 2.24) is 15.5 Å². The summed E-state index contributed by atoms with van der Waals surface area (Å²) in [6, 6.07) is 34.3. The first-order valence-corrected chi connectivity index (χ1v) is 18.0. The van der Waals surface area contributed by atoms with Crippen molar-refractivity contribution >= 4 is 17.7 Å². The molecule has 3 saturated heterocycles. The fourth-order valence-electron chi connectivity index (χ4n) is 7.59. The second kappa shape index (κ2) is 16.1. The van der Waals surface area contributed by atoms with Crippen molar-refractivity contribution in [3.05, 3.63) is 138 Å². The zero-order valence-corrected chi connectivity index (χ0v) is 29.3. The van der Waals surface area contributed by atoms with E-state index in [1.165, 1.54) is 6.08 Å². The van der Waals surface area contributed by atoms with Crippen LogP contribution in [-0.4, -0.2) is 66.6 Å². The van der Waals surface area contributed by atoms with Crippen molar-refractivity contribution in [3.63, 3.8) is 0 Å². The molecule has 7 rings (SSSR count). The smallest absolute Gasteiger partial charge is 0.407 e. The predicted octanol–water partition coefficient (Wildman–Crippen LogP) is 6.23. The van der Waals surface area contributed by atoms with Crippen molar-refractivity contribution in [3.8, 4) is 11.1 Å². The number of anilines is 1. The third-order valence-corrected chi connectivity index (χ3v) is 10.4. The van der Waals surface area contributed by atoms with Crippen LogP contribution in [0.4, 0.5) is 10.5 Å². The Hall–Kier alpha value is -5.00. The van der Waals surface area contributed by atoms with Crippen molar-refractivity contribution in [1.29, 1.82) is 0 Å². The van der Waals surface area contributed by atoms with Crippen LogP contribution in [0.2, 0.25) is 0 Å². The fourth-order valence-corrected chi connectivity index (χ4v) is 7.59. The van der Waals surface area contributed by atoms with Gasteiger partial charge in [0, 0.05) is 43.9 Å². The van der Waals surface area contributed by atoms with Gasteiger partial charge in [0.25, 0.3) is 0 Å². The van der Waals surface area contributed by atoms with Gasteiger partial charge in [0.2, 0.25) is 5.91 Å². The molecule has 4 aromatic carbocycles. The average molecular weight is 703 g/mol. The van der Waals surface area contributed by atoms with Crippen LogP contribution in [0.25, 0.3) is 11.1 Å². The molecule has 0 bridgehead atoms. The standard InChI is InChI=1S/C42H46N4O6/c1-2-24-50-41(49)43-26-34-8-6-7-11-37(34)31-16-18-33(19-17-31)39-51-36(25-38(52-39)32-14-12-30(28-47)13-15-32)27-45-22-20-42(21-23-45)40(48)44-29-46(42)35-9-4-3-5-10-35/h2-19,36,38-39,47H,1,20-29H2,(H,43,49)(H,44,48)/t36-,38+,39+/m1/s1. The van der Waals surface area contributed by atoms with Crippen LogP contribution in [0.5, 0.6) is 0 Å². The Morgan fingerprint density at radius 1 is 0.942 bits per heavy atom. The quantitative estimate of drug-likeness (QED) is 0.158. The summed E-state index contributed by atoms with van der Waals surface area (Å²) < 4.78 is 18.4. The minimum atomic E-state index is -0.586. The van der Waals surface area contributed by atoms with E-state index < -0.39 is 17.9 Å². The minimum Gasteiger partial charge on any atom is -0.445 e. The summed E-state index contributed by atoms with van der Waals surface area (Å²) in [6.45, 7) is 6.87. The molecule has 3 heterocycles. The number of likely N-dealkylation sites (tertiary alicyclic amines) is 1. The molecule has 10 heteroatoms. The minimum absolute atomic E-state index is 0.0126. The van der Waals surface area contributed by atoms with Gasteiger partial charge in [-0.2, -0.15) is 0 Å². The second-order valence-corrected chi connectivity index (χ2v) is 13.6. The number of rotatable bonds is 11. The highest BCUT2D eigenvalue weighted by molar-refractivity contribution is 5.93. The summed E-state index contributed by atoms with van der Waals surface area (Å²) in [5.41, 5.74) is 6.31. The maximum absolute atomic E-state index is 13.3. The van der Waals surface area contributed by atoms with Crippen molar-refractivity contribution < 1.29 is 28.9 Å². The second-order valence-electron chi connectivity index (χ2n) is 13.6. The Morgan fingerprint density at radius 3 is 2.38 bits per heavy atom. The van der Waals surface area contributed by atoms with E-state index in [0.29, 0.717) is 19.6 Å². The molecule has 3 fully saturated rings. The Kier molecular flexibility index (Phi) is 11.0. The lowest BCUT2D eigenvalue weighted by Gasteiger charge is -2.45. The van der Waals surface area contributed by atoms with Gasteiger partial charge in [-0.1, -0.05) is 104 Å². The zero-order valence-electron chi connectivity index (χ0n) is 29.3. The van der Waals surface area contributed by atoms with Crippen LogP contribution >= 0.6 is 0 Å². The molecule has 10 nitrogen and oxygen atoms in total. The number of aliphatic hydroxyl groups excluding tert-OH is 1. The lowest BCUT2D eigenvalue weighted by molar-refractivity contribution is -0.253. The normalized spacial score (nSPS) is 21.4. The summed E-state index contributed by atoms with van der Waals surface area (Å²) >= 11 is 0. The Bertz CT molecular complexity index is 1830. The van der Waals surface area contributed by atoms with Gasteiger partial charge in [0.15, 0.2) is 6.29 Å². The van der Waals surface area contributed by atoms with Crippen molar-refractivity contribution in [2.75, 3.05) is 37.8 Å². The molecule has 0 radical (unpaired) electrons. The molecular weight excluding hydrogens is 656 g/mol. The SMILES string of the molecule is C=CCOC(=O)NCc1ccccc1-c1ccc([C@H]2O[C@@H](CN3CCC4(CC3)C(=O)NCN4c3ccccc3)C[C@@H](c3ccc(CO)cc3)O2)cc1. The Balaban J connectivity index is 1.06. The number of benzene rings is 4. The molecule has 4 aromatic rings. The third-order valence-electron chi connectivity index (χ3n) is 10.4. The highest BCUT2D eigenvalue weighted by Gasteiger charge is 2.50. The predicted molar refractivity (Wildman–Crippen MR) is 199 cm³/mol. The van der Waals surface area contributed by atoms with Gasteiger partial charge >= 0.3 is 6.09 Å². The topological polar surface area (TPSA) is 113 Å². The molecule has 3 aliphatic heterocycles.